The lowest BCUT2D eigenvalue weighted by Crippen LogP contribution is -2.37. The fourth-order valence-electron chi connectivity index (χ4n) is 2.69. The number of nitrogens with one attached hydrogen (secondary N) is 2. The fourth-order valence-corrected chi connectivity index (χ4v) is 2.69. The first-order valence-electron chi connectivity index (χ1n) is 8.69. The van der Waals surface area contributed by atoms with Crippen LogP contribution in [0.25, 0.3) is 0 Å². The van der Waals surface area contributed by atoms with Crippen LogP contribution >= 0.6 is 0 Å². The first kappa shape index (κ1) is 19.2. The Morgan fingerprint density at radius 1 is 1.16 bits per heavy atom. The molecule has 1 aliphatic heterocycles. The van der Waals surface area contributed by atoms with Crippen molar-refractivity contribution in [3.8, 4) is 0 Å². The third-order valence-corrected chi connectivity index (χ3v) is 3.96. The molecule has 1 fully saturated rings. The van der Waals surface area contributed by atoms with Gasteiger partial charge in [-0.25, -0.2) is 0 Å². The second kappa shape index (κ2) is 10.0. The Balaban J connectivity index is 1.83. The van der Waals surface area contributed by atoms with Crippen molar-refractivity contribution in [2.24, 2.45) is 0 Å². The van der Waals surface area contributed by atoms with Crippen LogP contribution in [0.4, 0.5) is 11.4 Å². The molecule has 1 heterocycles. The van der Waals surface area contributed by atoms with Crippen LogP contribution in [0.3, 0.4) is 0 Å². The lowest BCUT2D eigenvalue weighted by atomic mass is 10.2. The molecule has 2 rings (SSSR count). The number of rotatable bonds is 8. The molecule has 2 N–H and O–H groups in total. The van der Waals surface area contributed by atoms with Gasteiger partial charge < -0.3 is 25.2 Å². The van der Waals surface area contributed by atoms with Crippen LogP contribution in [-0.4, -0.2) is 70.2 Å². The average Bonchev–Trinajstić information content (AvgIpc) is 2.60. The van der Waals surface area contributed by atoms with Crippen LogP contribution in [0.2, 0.25) is 0 Å². The monoisotopic (exact) mass is 348 g/mol. The van der Waals surface area contributed by atoms with Crippen molar-refractivity contribution in [3.05, 3.63) is 24.3 Å². The van der Waals surface area contributed by atoms with E-state index in [0.717, 1.165) is 37.4 Å². The first-order valence-corrected chi connectivity index (χ1v) is 8.69. The van der Waals surface area contributed by atoms with Gasteiger partial charge in [-0.1, -0.05) is 12.1 Å². The summed E-state index contributed by atoms with van der Waals surface area (Å²) in [5.74, 6) is -0.550. The van der Waals surface area contributed by atoms with Crippen molar-refractivity contribution in [2.45, 2.75) is 12.8 Å². The number of ether oxygens (including phenoxy) is 1. The van der Waals surface area contributed by atoms with Gasteiger partial charge in [-0.3, -0.25) is 9.59 Å². The summed E-state index contributed by atoms with van der Waals surface area (Å²) in [7, 11) is 3.97. The molecule has 7 nitrogen and oxygen atoms in total. The fraction of sp³-hybridized carbons (Fsp3) is 0.556. The number of benzene rings is 1. The van der Waals surface area contributed by atoms with Gasteiger partial charge in [0.25, 0.3) is 0 Å². The summed E-state index contributed by atoms with van der Waals surface area (Å²) in [5.41, 5.74) is 1.69. The maximum absolute atomic E-state index is 12.2. The Morgan fingerprint density at radius 2 is 1.88 bits per heavy atom. The summed E-state index contributed by atoms with van der Waals surface area (Å²) in [4.78, 5) is 28.3. The Hall–Kier alpha value is -2.12. The quantitative estimate of drug-likeness (QED) is 0.540. The van der Waals surface area contributed by atoms with Crippen LogP contribution in [-0.2, 0) is 14.3 Å². The number of amides is 2. The van der Waals surface area contributed by atoms with Gasteiger partial charge in [-0.15, -0.1) is 0 Å². The van der Waals surface area contributed by atoms with E-state index in [9.17, 15) is 9.59 Å². The van der Waals surface area contributed by atoms with E-state index in [1.807, 2.05) is 38.4 Å². The van der Waals surface area contributed by atoms with Gasteiger partial charge in [0.1, 0.15) is 6.42 Å². The zero-order chi connectivity index (χ0) is 18.1. The molecule has 0 radical (unpaired) electrons. The second-order valence-corrected chi connectivity index (χ2v) is 6.35. The van der Waals surface area contributed by atoms with Crippen LogP contribution in [0, 0.1) is 0 Å². The lowest BCUT2D eigenvalue weighted by molar-refractivity contribution is -0.126. The Morgan fingerprint density at radius 3 is 2.60 bits per heavy atom. The molecule has 0 bridgehead atoms. The van der Waals surface area contributed by atoms with E-state index in [2.05, 4.69) is 20.4 Å². The highest BCUT2D eigenvalue weighted by molar-refractivity contribution is 6.04. The molecule has 0 saturated carbocycles. The molecular weight excluding hydrogens is 320 g/mol. The van der Waals surface area contributed by atoms with Crippen LogP contribution in [0.1, 0.15) is 12.8 Å². The minimum atomic E-state index is -0.300. The summed E-state index contributed by atoms with van der Waals surface area (Å²) in [6.07, 6.45) is 0.694. The molecule has 1 aromatic rings. The topological polar surface area (TPSA) is 73.9 Å². The van der Waals surface area contributed by atoms with Crippen LogP contribution in [0.5, 0.6) is 0 Å². The van der Waals surface area contributed by atoms with E-state index in [0.29, 0.717) is 19.8 Å². The molecule has 0 aliphatic carbocycles. The highest BCUT2D eigenvalue weighted by atomic mass is 16.5. The van der Waals surface area contributed by atoms with Crippen LogP contribution in [0.15, 0.2) is 24.3 Å². The normalized spacial score (nSPS) is 14.4. The Kier molecular flexibility index (Phi) is 7.69. The van der Waals surface area contributed by atoms with E-state index in [-0.39, 0.29) is 18.2 Å². The second-order valence-electron chi connectivity index (χ2n) is 6.35. The molecule has 0 unspecified atom stereocenters. The molecule has 7 heteroatoms. The molecule has 1 aliphatic rings. The van der Waals surface area contributed by atoms with Gasteiger partial charge in [0.2, 0.25) is 11.8 Å². The van der Waals surface area contributed by atoms with E-state index in [1.54, 1.807) is 0 Å². The van der Waals surface area contributed by atoms with Gasteiger partial charge >= 0.3 is 0 Å². The summed E-state index contributed by atoms with van der Waals surface area (Å²) in [6, 6.07) is 7.65. The molecule has 0 atom stereocenters. The minimum Gasteiger partial charge on any atom is -0.378 e. The third-order valence-electron chi connectivity index (χ3n) is 3.96. The van der Waals surface area contributed by atoms with Gasteiger partial charge in [0.15, 0.2) is 0 Å². The zero-order valence-corrected chi connectivity index (χ0v) is 15.1. The minimum absolute atomic E-state index is 0.167. The zero-order valence-electron chi connectivity index (χ0n) is 15.1. The molecule has 0 spiro atoms. The predicted molar refractivity (Wildman–Crippen MR) is 98.9 cm³/mol. The molecule has 1 aromatic carbocycles. The van der Waals surface area contributed by atoms with Crippen molar-refractivity contribution in [2.75, 3.05) is 63.7 Å². The number of carbonyl (C=O) groups is 2. The molecular formula is C18H28N4O3. The number of hydrogen-bond acceptors (Lipinski definition) is 5. The SMILES string of the molecule is CN(C)CCCNC(=O)CC(=O)Nc1ccccc1N1CCOCC1. The lowest BCUT2D eigenvalue weighted by Gasteiger charge is -2.30. The predicted octanol–water partition coefficient (Wildman–Crippen LogP) is 0.920. The number of anilines is 2. The van der Waals surface area contributed by atoms with E-state index in [4.69, 9.17) is 4.74 Å². The summed E-state index contributed by atoms with van der Waals surface area (Å²) < 4.78 is 5.37. The van der Waals surface area contributed by atoms with Crippen molar-refractivity contribution in [3.63, 3.8) is 0 Å². The molecule has 25 heavy (non-hydrogen) atoms. The Bertz CT molecular complexity index is 571. The Labute approximate surface area is 149 Å². The maximum atomic E-state index is 12.2. The standard InChI is InChI=1S/C18H28N4O3/c1-21(2)9-5-8-19-17(23)14-18(24)20-15-6-3-4-7-16(15)22-10-12-25-13-11-22/h3-4,6-7H,5,8-14H2,1-2H3,(H,19,23)(H,20,24). The molecule has 2 amide bonds. The number of hydrogen-bond donors (Lipinski definition) is 2. The molecule has 1 saturated heterocycles. The molecule has 138 valence electrons. The van der Waals surface area contributed by atoms with Gasteiger partial charge in [-0.2, -0.15) is 0 Å². The average molecular weight is 348 g/mol. The largest absolute Gasteiger partial charge is 0.378 e. The van der Waals surface area contributed by atoms with Gasteiger partial charge in [0.05, 0.1) is 24.6 Å². The molecule has 0 aromatic heterocycles. The van der Waals surface area contributed by atoms with E-state index >= 15 is 0 Å². The number of morpholine rings is 1. The van der Waals surface area contributed by atoms with E-state index in [1.165, 1.54) is 0 Å². The van der Waals surface area contributed by atoms with Crippen molar-refractivity contribution >= 4 is 23.2 Å². The summed E-state index contributed by atoms with van der Waals surface area (Å²) >= 11 is 0. The number of para-hydroxylation sites is 2. The van der Waals surface area contributed by atoms with Crippen molar-refractivity contribution in [1.29, 1.82) is 0 Å². The van der Waals surface area contributed by atoms with Crippen molar-refractivity contribution in [1.82, 2.24) is 10.2 Å². The van der Waals surface area contributed by atoms with Gasteiger partial charge in [-0.05, 0) is 39.2 Å². The maximum Gasteiger partial charge on any atom is 0.233 e. The third kappa shape index (κ3) is 6.72. The highest BCUT2D eigenvalue weighted by Crippen LogP contribution is 2.26. The number of carbonyl (C=O) groups excluding carboxylic acids is 2. The smallest absolute Gasteiger partial charge is 0.233 e. The first-order chi connectivity index (χ1) is 12.1. The van der Waals surface area contributed by atoms with Crippen molar-refractivity contribution < 1.29 is 14.3 Å². The van der Waals surface area contributed by atoms with E-state index < -0.39 is 0 Å². The van der Waals surface area contributed by atoms with Gasteiger partial charge in [0, 0.05) is 19.6 Å². The van der Waals surface area contributed by atoms with Crippen LogP contribution < -0.4 is 15.5 Å². The summed E-state index contributed by atoms with van der Waals surface area (Å²) in [5, 5.41) is 5.64. The highest BCUT2D eigenvalue weighted by Gasteiger charge is 2.16. The summed E-state index contributed by atoms with van der Waals surface area (Å²) in [6.45, 7) is 4.42. The number of nitrogens with zero attached hydrogens (tertiary/aromatic N) is 2.